The lowest BCUT2D eigenvalue weighted by molar-refractivity contribution is 0.0369. The van der Waals surface area contributed by atoms with Crippen molar-refractivity contribution in [2.45, 2.75) is 26.3 Å². The third kappa shape index (κ3) is 5.47. The van der Waals surface area contributed by atoms with Gasteiger partial charge in [-0.1, -0.05) is 36.4 Å². The number of nitrogens with one attached hydrogen (secondary N) is 2. The molecule has 9 heteroatoms. The predicted octanol–water partition coefficient (Wildman–Crippen LogP) is 2.13. The molecule has 37 heavy (non-hydrogen) atoms. The van der Waals surface area contributed by atoms with Crippen LogP contribution in [0.5, 0.6) is 0 Å². The first kappa shape index (κ1) is 24.9. The number of morpholine rings is 1. The number of aromatic nitrogens is 3. The largest absolute Gasteiger partial charge is 0.379 e. The molecule has 0 saturated carbocycles. The highest BCUT2D eigenvalue weighted by molar-refractivity contribution is 5.96. The Hall–Kier alpha value is -3.82. The fourth-order valence-corrected chi connectivity index (χ4v) is 4.77. The Morgan fingerprint density at radius 2 is 1.89 bits per heavy atom. The maximum atomic E-state index is 13.5. The van der Waals surface area contributed by atoms with Crippen molar-refractivity contribution >= 4 is 22.6 Å². The van der Waals surface area contributed by atoms with Gasteiger partial charge in [0.1, 0.15) is 16.8 Å². The van der Waals surface area contributed by atoms with Gasteiger partial charge >= 0.3 is 0 Å². The Morgan fingerprint density at radius 1 is 1.11 bits per heavy atom. The Kier molecular flexibility index (Phi) is 7.43. The second-order valence-electron chi connectivity index (χ2n) is 9.45. The van der Waals surface area contributed by atoms with E-state index in [9.17, 15) is 9.59 Å². The quantitative estimate of drug-likeness (QED) is 0.361. The average molecular weight is 501 g/mol. The van der Waals surface area contributed by atoms with Crippen LogP contribution in [-0.4, -0.2) is 64.2 Å². The van der Waals surface area contributed by atoms with Crippen LogP contribution in [0.15, 0.2) is 59.5 Å². The number of carbonyl (C=O) groups excluding carboxylic acids is 1. The molecule has 4 heterocycles. The van der Waals surface area contributed by atoms with Crippen LogP contribution in [0.25, 0.3) is 16.7 Å². The first-order valence-electron chi connectivity index (χ1n) is 12.7. The standard InChI is InChI=1S/C28H32N6O3/c1-20-8-9-24-31-26-23(28(36)34(24)19-20)18-22(27(35)30-11-10-21-6-3-2-4-7-21)25(29)33(26)13-5-12-32-14-16-37-17-15-32/h2-4,6-9,18-19,29H,5,10-17H2,1H3,(H,30,35). The summed E-state index contributed by atoms with van der Waals surface area (Å²) in [4.78, 5) is 33.8. The number of hydrogen-bond acceptors (Lipinski definition) is 6. The number of nitrogens with zero attached hydrogens (tertiary/aromatic N) is 4. The summed E-state index contributed by atoms with van der Waals surface area (Å²) in [7, 11) is 0. The number of hydrogen-bond donors (Lipinski definition) is 2. The lowest BCUT2D eigenvalue weighted by Crippen LogP contribution is -2.38. The molecule has 1 aliphatic rings. The van der Waals surface area contributed by atoms with Gasteiger partial charge in [0.15, 0.2) is 0 Å². The number of fused-ring (bicyclic) bond motifs is 2. The highest BCUT2D eigenvalue weighted by atomic mass is 16.5. The van der Waals surface area contributed by atoms with E-state index in [1.165, 1.54) is 10.5 Å². The van der Waals surface area contributed by atoms with Crippen molar-refractivity contribution in [2.24, 2.45) is 0 Å². The van der Waals surface area contributed by atoms with Crippen molar-refractivity contribution < 1.29 is 9.53 Å². The van der Waals surface area contributed by atoms with E-state index in [0.717, 1.165) is 50.4 Å². The normalized spacial score (nSPS) is 14.3. The molecule has 0 spiro atoms. The molecule has 4 aromatic rings. The van der Waals surface area contributed by atoms with Crippen LogP contribution in [0.1, 0.15) is 27.9 Å². The third-order valence-electron chi connectivity index (χ3n) is 6.80. The molecule has 0 unspecified atom stereocenters. The van der Waals surface area contributed by atoms with Gasteiger partial charge in [-0.3, -0.25) is 24.3 Å². The van der Waals surface area contributed by atoms with Gasteiger partial charge in [-0.25, -0.2) is 4.98 Å². The van der Waals surface area contributed by atoms with E-state index >= 15 is 0 Å². The first-order chi connectivity index (χ1) is 18.0. The average Bonchev–Trinajstić information content (AvgIpc) is 2.91. The zero-order chi connectivity index (χ0) is 25.8. The minimum absolute atomic E-state index is 0.0649. The van der Waals surface area contributed by atoms with Gasteiger partial charge in [0.25, 0.3) is 11.5 Å². The summed E-state index contributed by atoms with van der Waals surface area (Å²) in [6, 6.07) is 15.2. The van der Waals surface area contributed by atoms with Crippen LogP contribution in [0.2, 0.25) is 0 Å². The number of pyridine rings is 2. The fraction of sp³-hybridized carbons (Fsp3) is 0.357. The van der Waals surface area contributed by atoms with Crippen LogP contribution in [-0.2, 0) is 17.7 Å². The Labute approximate surface area is 214 Å². The number of amides is 1. The Balaban J connectivity index is 1.49. The Morgan fingerprint density at radius 3 is 2.68 bits per heavy atom. The maximum absolute atomic E-state index is 13.5. The Bertz CT molecular complexity index is 1540. The molecular formula is C28H32N6O3. The second kappa shape index (κ2) is 11.1. The minimum atomic E-state index is -0.363. The molecule has 1 aromatic carbocycles. The summed E-state index contributed by atoms with van der Waals surface area (Å²) >= 11 is 0. The number of aryl methyl sites for hydroxylation is 2. The fourth-order valence-electron chi connectivity index (χ4n) is 4.77. The van der Waals surface area contributed by atoms with E-state index in [4.69, 9.17) is 15.1 Å². The third-order valence-corrected chi connectivity index (χ3v) is 6.80. The lowest BCUT2D eigenvalue weighted by atomic mass is 10.1. The van der Waals surface area contributed by atoms with E-state index in [-0.39, 0.29) is 22.5 Å². The number of ether oxygens (including phenoxy) is 1. The maximum Gasteiger partial charge on any atom is 0.267 e. The molecule has 192 valence electrons. The number of rotatable bonds is 8. The van der Waals surface area contributed by atoms with Crippen LogP contribution in [0.4, 0.5) is 0 Å². The summed E-state index contributed by atoms with van der Waals surface area (Å²) < 4.78 is 8.66. The summed E-state index contributed by atoms with van der Waals surface area (Å²) in [5.74, 6) is -0.363. The molecule has 1 amide bonds. The smallest absolute Gasteiger partial charge is 0.267 e. The highest BCUT2D eigenvalue weighted by Gasteiger charge is 2.18. The minimum Gasteiger partial charge on any atom is -0.379 e. The van der Waals surface area contributed by atoms with E-state index in [1.807, 2.05) is 49.4 Å². The van der Waals surface area contributed by atoms with Crippen LogP contribution in [0.3, 0.4) is 0 Å². The SMILES string of the molecule is Cc1ccc2nc3c(cc(C(=O)NCCc4ccccc4)c(=N)n3CCCN3CCOCC3)c(=O)n2c1. The van der Waals surface area contributed by atoms with E-state index in [1.54, 1.807) is 10.8 Å². The molecule has 1 fully saturated rings. The molecule has 9 nitrogen and oxygen atoms in total. The second-order valence-corrected chi connectivity index (χ2v) is 9.45. The molecular weight excluding hydrogens is 468 g/mol. The molecule has 1 aliphatic heterocycles. The van der Waals surface area contributed by atoms with Crippen molar-refractivity contribution in [3.8, 4) is 0 Å². The van der Waals surface area contributed by atoms with Gasteiger partial charge in [0, 0.05) is 38.9 Å². The first-order valence-corrected chi connectivity index (χ1v) is 12.7. The van der Waals surface area contributed by atoms with Crippen molar-refractivity contribution in [2.75, 3.05) is 39.4 Å². The molecule has 3 aromatic heterocycles. The van der Waals surface area contributed by atoms with Gasteiger partial charge in [0.05, 0.1) is 24.2 Å². The molecule has 1 saturated heterocycles. The monoisotopic (exact) mass is 500 g/mol. The summed E-state index contributed by atoms with van der Waals surface area (Å²) in [5.41, 5.74) is 3.00. The lowest BCUT2D eigenvalue weighted by Gasteiger charge is -2.26. The summed E-state index contributed by atoms with van der Waals surface area (Å²) in [6.45, 7) is 6.89. The van der Waals surface area contributed by atoms with Gasteiger partial charge < -0.3 is 14.6 Å². The van der Waals surface area contributed by atoms with Crippen molar-refractivity contribution in [3.05, 3.63) is 87.3 Å². The van der Waals surface area contributed by atoms with E-state index < -0.39 is 0 Å². The highest BCUT2D eigenvalue weighted by Crippen LogP contribution is 2.12. The van der Waals surface area contributed by atoms with Gasteiger partial charge in [-0.05, 0) is 43.0 Å². The summed E-state index contributed by atoms with van der Waals surface area (Å²) in [5, 5.41) is 12.2. The predicted molar refractivity (Wildman–Crippen MR) is 142 cm³/mol. The number of carbonyl (C=O) groups is 1. The summed E-state index contributed by atoms with van der Waals surface area (Å²) in [6.07, 6.45) is 3.20. The zero-order valence-electron chi connectivity index (χ0n) is 21.1. The van der Waals surface area contributed by atoms with Crippen LogP contribution >= 0.6 is 0 Å². The van der Waals surface area contributed by atoms with Crippen LogP contribution < -0.4 is 16.4 Å². The molecule has 0 bridgehead atoms. The molecule has 0 radical (unpaired) electrons. The van der Waals surface area contributed by atoms with E-state index in [0.29, 0.717) is 36.2 Å². The van der Waals surface area contributed by atoms with Gasteiger partial charge in [0.2, 0.25) is 0 Å². The van der Waals surface area contributed by atoms with Crippen molar-refractivity contribution in [1.82, 2.24) is 24.2 Å². The zero-order valence-corrected chi connectivity index (χ0v) is 21.1. The van der Waals surface area contributed by atoms with Gasteiger partial charge in [-0.15, -0.1) is 0 Å². The van der Waals surface area contributed by atoms with Gasteiger partial charge in [-0.2, -0.15) is 0 Å². The molecule has 0 atom stereocenters. The molecule has 0 aliphatic carbocycles. The molecule has 2 N–H and O–H groups in total. The van der Waals surface area contributed by atoms with Crippen LogP contribution in [0, 0.1) is 12.3 Å². The van der Waals surface area contributed by atoms with Crippen molar-refractivity contribution in [3.63, 3.8) is 0 Å². The van der Waals surface area contributed by atoms with Crippen molar-refractivity contribution in [1.29, 1.82) is 5.41 Å². The number of benzene rings is 1. The molecule has 5 rings (SSSR count). The topological polar surface area (TPSA) is 105 Å². The van der Waals surface area contributed by atoms with E-state index in [2.05, 4.69) is 10.2 Å².